The van der Waals surface area contributed by atoms with Crippen molar-refractivity contribution in [2.24, 2.45) is 23.7 Å². The second-order valence-corrected chi connectivity index (χ2v) is 4.19. The van der Waals surface area contributed by atoms with Crippen LogP contribution in [-0.4, -0.2) is 11.1 Å². The summed E-state index contributed by atoms with van der Waals surface area (Å²) in [4.78, 5) is 10.7. The van der Waals surface area contributed by atoms with Crippen LogP contribution in [0.4, 0.5) is 0 Å². The van der Waals surface area contributed by atoms with Gasteiger partial charge in [-0.2, -0.15) is 0 Å². The minimum atomic E-state index is -0.678. The smallest absolute Gasteiger partial charge is 0.306 e. The Labute approximate surface area is 75.0 Å². The van der Waals surface area contributed by atoms with Gasteiger partial charge in [-0.15, -0.1) is 0 Å². The number of hydrogen-bond acceptors (Lipinski definition) is 1. The first kappa shape index (κ1) is 11.5. The van der Waals surface area contributed by atoms with Crippen molar-refractivity contribution in [2.45, 2.75) is 34.6 Å². The number of rotatable bonds is 4. The van der Waals surface area contributed by atoms with Gasteiger partial charge in [-0.3, -0.25) is 4.79 Å². The van der Waals surface area contributed by atoms with Crippen molar-refractivity contribution in [1.29, 1.82) is 0 Å². The van der Waals surface area contributed by atoms with E-state index in [2.05, 4.69) is 27.7 Å². The van der Waals surface area contributed by atoms with Gasteiger partial charge in [0.25, 0.3) is 0 Å². The van der Waals surface area contributed by atoms with Crippen LogP contribution in [-0.2, 0) is 4.79 Å². The number of aliphatic carboxylic acids is 1. The molecule has 2 nitrogen and oxygen atoms in total. The van der Waals surface area contributed by atoms with Crippen molar-refractivity contribution < 1.29 is 9.90 Å². The molecule has 0 spiro atoms. The third-order valence-electron chi connectivity index (χ3n) is 2.51. The van der Waals surface area contributed by atoms with Crippen molar-refractivity contribution in [3.63, 3.8) is 0 Å². The third kappa shape index (κ3) is 2.84. The van der Waals surface area contributed by atoms with Crippen molar-refractivity contribution >= 4 is 5.97 Å². The van der Waals surface area contributed by atoms with Crippen molar-refractivity contribution in [2.75, 3.05) is 0 Å². The van der Waals surface area contributed by atoms with Crippen LogP contribution in [0.1, 0.15) is 34.6 Å². The monoisotopic (exact) mass is 172 g/mol. The fraction of sp³-hybridized carbons (Fsp3) is 0.900. The Bertz CT molecular complexity index is 142. The van der Waals surface area contributed by atoms with E-state index in [9.17, 15) is 4.79 Å². The molecule has 0 saturated carbocycles. The molecule has 0 aliphatic heterocycles. The Morgan fingerprint density at radius 1 is 1.00 bits per heavy atom. The first-order chi connectivity index (χ1) is 5.37. The normalized spacial score (nSPS) is 14.3. The van der Waals surface area contributed by atoms with E-state index in [1.165, 1.54) is 0 Å². The number of carbonyl (C=O) groups is 1. The molecule has 0 amide bonds. The van der Waals surface area contributed by atoms with E-state index in [1.807, 2.05) is 0 Å². The van der Waals surface area contributed by atoms with Gasteiger partial charge in [0.2, 0.25) is 0 Å². The van der Waals surface area contributed by atoms with E-state index < -0.39 is 5.97 Å². The lowest BCUT2D eigenvalue weighted by atomic mass is 9.77. The molecular formula is C10H20O2. The molecule has 0 heterocycles. The molecule has 1 atom stereocenters. The number of carboxylic acids is 1. The standard InChI is InChI=1S/C10H20O2/c1-6(2)9(7(3)4)8(5)10(11)12/h6-9H,1-5H3,(H,11,12). The summed E-state index contributed by atoms with van der Waals surface area (Å²) < 4.78 is 0. The van der Waals surface area contributed by atoms with Gasteiger partial charge >= 0.3 is 5.97 Å². The second-order valence-electron chi connectivity index (χ2n) is 4.19. The van der Waals surface area contributed by atoms with Crippen LogP contribution in [0, 0.1) is 23.7 Å². The van der Waals surface area contributed by atoms with Gasteiger partial charge in [0, 0.05) is 0 Å². The molecule has 0 fully saturated rings. The lowest BCUT2D eigenvalue weighted by Gasteiger charge is -2.28. The van der Waals surface area contributed by atoms with Crippen LogP contribution in [0.5, 0.6) is 0 Å². The second kappa shape index (κ2) is 4.48. The predicted molar refractivity (Wildman–Crippen MR) is 50.0 cm³/mol. The highest BCUT2D eigenvalue weighted by atomic mass is 16.4. The fourth-order valence-electron chi connectivity index (χ4n) is 2.09. The van der Waals surface area contributed by atoms with Crippen molar-refractivity contribution in [1.82, 2.24) is 0 Å². The zero-order valence-electron chi connectivity index (χ0n) is 8.66. The summed E-state index contributed by atoms with van der Waals surface area (Å²) in [6.07, 6.45) is 0. The van der Waals surface area contributed by atoms with Crippen molar-refractivity contribution in [3.8, 4) is 0 Å². The molecule has 0 radical (unpaired) electrons. The largest absolute Gasteiger partial charge is 0.481 e. The molecule has 2 heteroatoms. The van der Waals surface area contributed by atoms with Gasteiger partial charge in [0.1, 0.15) is 0 Å². The van der Waals surface area contributed by atoms with Crippen LogP contribution in [0.25, 0.3) is 0 Å². The first-order valence-electron chi connectivity index (χ1n) is 4.60. The van der Waals surface area contributed by atoms with Crippen LogP contribution in [0.15, 0.2) is 0 Å². The zero-order chi connectivity index (χ0) is 9.89. The van der Waals surface area contributed by atoms with Gasteiger partial charge in [0.15, 0.2) is 0 Å². The van der Waals surface area contributed by atoms with Crippen LogP contribution >= 0.6 is 0 Å². The summed E-state index contributed by atoms with van der Waals surface area (Å²) >= 11 is 0. The molecule has 12 heavy (non-hydrogen) atoms. The first-order valence-corrected chi connectivity index (χ1v) is 4.60. The molecular weight excluding hydrogens is 152 g/mol. The van der Waals surface area contributed by atoms with Gasteiger partial charge < -0.3 is 5.11 Å². The Kier molecular flexibility index (Phi) is 4.29. The van der Waals surface area contributed by atoms with Crippen LogP contribution in [0.2, 0.25) is 0 Å². The molecule has 0 aliphatic carbocycles. The molecule has 0 saturated heterocycles. The van der Waals surface area contributed by atoms with E-state index in [1.54, 1.807) is 6.92 Å². The van der Waals surface area contributed by atoms with E-state index >= 15 is 0 Å². The lowest BCUT2D eigenvalue weighted by Crippen LogP contribution is -2.28. The molecule has 0 bridgehead atoms. The summed E-state index contributed by atoms with van der Waals surface area (Å²) in [5, 5.41) is 8.85. The predicted octanol–water partition coefficient (Wildman–Crippen LogP) is 2.64. The van der Waals surface area contributed by atoms with Gasteiger partial charge in [-0.05, 0) is 17.8 Å². The SMILES string of the molecule is CC(C)C(C(C)C)C(C)C(=O)O. The molecule has 1 unspecified atom stereocenters. The highest BCUT2D eigenvalue weighted by molar-refractivity contribution is 5.69. The highest BCUT2D eigenvalue weighted by Crippen LogP contribution is 2.28. The topological polar surface area (TPSA) is 37.3 Å². The maximum Gasteiger partial charge on any atom is 0.306 e. The van der Waals surface area contributed by atoms with Crippen LogP contribution in [0.3, 0.4) is 0 Å². The molecule has 72 valence electrons. The minimum absolute atomic E-state index is 0.231. The molecule has 0 aromatic heterocycles. The summed E-state index contributed by atoms with van der Waals surface area (Å²) in [6, 6.07) is 0. The Balaban J connectivity index is 4.40. The average Bonchev–Trinajstić information content (AvgIpc) is 1.85. The van der Waals surface area contributed by atoms with Crippen molar-refractivity contribution in [3.05, 3.63) is 0 Å². The highest BCUT2D eigenvalue weighted by Gasteiger charge is 2.28. The summed E-state index contributed by atoms with van der Waals surface area (Å²) in [5.74, 6) is 0.252. The average molecular weight is 172 g/mol. The number of carboxylic acid groups (broad SMARTS) is 1. The number of hydrogen-bond donors (Lipinski definition) is 1. The molecule has 1 N–H and O–H groups in total. The third-order valence-corrected chi connectivity index (χ3v) is 2.51. The van der Waals surface area contributed by atoms with E-state index in [4.69, 9.17) is 5.11 Å². The lowest BCUT2D eigenvalue weighted by molar-refractivity contribution is -0.144. The maximum absolute atomic E-state index is 10.7. The molecule has 0 rings (SSSR count). The minimum Gasteiger partial charge on any atom is -0.481 e. The van der Waals surface area contributed by atoms with Gasteiger partial charge in [-0.1, -0.05) is 34.6 Å². The van der Waals surface area contributed by atoms with Crippen LogP contribution < -0.4 is 0 Å². The van der Waals surface area contributed by atoms with E-state index in [0.717, 1.165) is 0 Å². The Hall–Kier alpha value is -0.530. The summed E-state index contributed by atoms with van der Waals surface area (Å²) in [7, 11) is 0. The van der Waals surface area contributed by atoms with E-state index in [0.29, 0.717) is 11.8 Å². The Morgan fingerprint density at radius 2 is 1.33 bits per heavy atom. The summed E-state index contributed by atoms with van der Waals surface area (Å²) in [6.45, 7) is 10.1. The summed E-state index contributed by atoms with van der Waals surface area (Å²) in [5.41, 5.74) is 0. The quantitative estimate of drug-likeness (QED) is 0.707. The van der Waals surface area contributed by atoms with Gasteiger partial charge in [0.05, 0.1) is 5.92 Å². The molecule has 0 aliphatic rings. The zero-order valence-corrected chi connectivity index (χ0v) is 8.66. The molecule has 0 aromatic carbocycles. The fourth-order valence-corrected chi connectivity index (χ4v) is 2.09. The Morgan fingerprint density at radius 3 is 1.42 bits per heavy atom. The molecule has 0 aromatic rings. The van der Waals surface area contributed by atoms with Gasteiger partial charge in [-0.25, -0.2) is 0 Å². The maximum atomic E-state index is 10.7. The van der Waals surface area contributed by atoms with E-state index in [-0.39, 0.29) is 11.8 Å².